The van der Waals surface area contributed by atoms with E-state index in [9.17, 15) is 4.79 Å². The third kappa shape index (κ3) is 3.85. The SMILES string of the molecule is CC(C)NC1CCCN(C(C)CCc2ccco2)C1=O. The Balaban J connectivity index is 1.87. The number of nitrogens with one attached hydrogen (secondary N) is 1. The van der Waals surface area contributed by atoms with Gasteiger partial charge in [-0.15, -0.1) is 0 Å². The van der Waals surface area contributed by atoms with Crippen LogP contribution in [0.15, 0.2) is 22.8 Å². The van der Waals surface area contributed by atoms with E-state index in [1.807, 2.05) is 17.0 Å². The van der Waals surface area contributed by atoms with E-state index < -0.39 is 0 Å². The maximum absolute atomic E-state index is 12.5. The lowest BCUT2D eigenvalue weighted by Crippen LogP contribution is -2.54. The Kier molecular flexibility index (Phi) is 5.24. The number of hydrogen-bond donors (Lipinski definition) is 1. The number of rotatable bonds is 6. The molecule has 1 amide bonds. The van der Waals surface area contributed by atoms with E-state index in [1.54, 1.807) is 6.26 Å². The summed E-state index contributed by atoms with van der Waals surface area (Å²) in [6, 6.07) is 4.52. The topological polar surface area (TPSA) is 45.5 Å². The van der Waals surface area contributed by atoms with Gasteiger partial charge in [0.15, 0.2) is 0 Å². The molecule has 1 saturated heterocycles. The van der Waals surface area contributed by atoms with Crippen molar-refractivity contribution in [1.29, 1.82) is 0 Å². The lowest BCUT2D eigenvalue weighted by Gasteiger charge is -2.37. The summed E-state index contributed by atoms with van der Waals surface area (Å²) in [4.78, 5) is 14.5. The molecule has 0 saturated carbocycles. The molecule has 1 N–H and O–H groups in total. The van der Waals surface area contributed by atoms with Crippen molar-refractivity contribution < 1.29 is 9.21 Å². The normalized spacial score (nSPS) is 21.5. The summed E-state index contributed by atoms with van der Waals surface area (Å²) in [6.07, 6.45) is 5.59. The molecule has 0 aliphatic carbocycles. The summed E-state index contributed by atoms with van der Waals surface area (Å²) in [7, 11) is 0. The molecule has 0 radical (unpaired) electrons. The fourth-order valence-corrected chi connectivity index (χ4v) is 2.86. The number of hydrogen-bond acceptors (Lipinski definition) is 3. The van der Waals surface area contributed by atoms with Crippen molar-refractivity contribution in [1.82, 2.24) is 10.2 Å². The van der Waals surface area contributed by atoms with Gasteiger partial charge in [-0.2, -0.15) is 0 Å². The Morgan fingerprint density at radius 3 is 2.90 bits per heavy atom. The minimum Gasteiger partial charge on any atom is -0.469 e. The van der Waals surface area contributed by atoms with E-state index in [4.69, 9.17) is 4.42 Å². The maximum atomic E-state index is 12.5. The average molecular weight is 278 g/mol. The first-order valence-electron chi connectivity index (χ1n) is 7.67. The van der Waals surface area contributed by atoms with Crippen LogP contribution in [0.1, 0.15) is 45.8 Å². The standard InChI is InChI=1S/C16H26N2O2/c1-12(2)17-15-7-4-10-18(16(15)19)13(3)8-9-14-6-5-11-20-14/h5-6,11-13,15,17H,4,7-10H2,1-3H3. The number of carbonyl (C=O) groups is 1. The van der Waals surface area contributed by atoms with Gasteiger partial charge in [0.1, 0.15) is 5.76 Å². The Bertz CT molecular complexity index is 414. The molecule has 4 heteroatoms. The van der Waals surface area contributed by atoms with Crippen molar-refractivity contribution in [3.05, 3.63) is 24.2 Å². The van der Waals surface area contributed by atoms with Crippen LogP contribution in [0.2, 0.25) is 0 Å². The molecule has 2 heterocycles. The molecule has 112 valence electrons. The molecular formula is C16H26N2O2. The molecule has 0 aromatic carbocycles. The van der Waals surface area contributed by atoms with E-state index in [-0.39, 0.29) is 18.0 Å². The molecule has 4 nitrogen and oxygen atoms in total. The minimum atomic E-state index is -0.00480. The van der Waals surface area contributed by atoms with Gasteiger partial charge in [0.25, 0.3) is 0 Å². The van der Waals surface area contributed by atoms with Crippen LogP contribution in [0.3, 0.4) is 0 Å². The van der Waals surface area contributed by atoms with Crippen LogP contribution in [0.25, 0.3) is 0 Å². The number of piperidine rings is 1. The predicted octanol–water partition coefficient (Wildman–Crippen LogP) is 2.59. The zero-order valence-corrected chi connectivity index (χ0v) is 12.8. The van der Waals surface area contributed by atoms with Gasteiger partial charge in [0.05, 0.1) is 12.3 Å². The zero-order valence-electron chi connectivity index (χ0n) is 12.8. The lowest BCUT2D eigenvalue weighted by molar-refractivity contribution is -0.138. The second-order valence-electron chi connectivity index (χ2n) is 6.01. The first-order valence-corrected chi connectivity index (χ1v) is 7.67. The van der Waals surface area contributed by atoms with Gasteiger partial charge in [-0.3, -0.25) is 4.79 Å². The first-order chi connectivity index (χ1) is 9.58. The fraction of sp³-hybridized carbons (Fsp3) is 0.688. The smallest absolute Gasteiger partial charge is 0.239 e. The van der Waals surface area contributed by atoms with E-state index in [0.717, 1.165) is 38.0 Å². The molecule has 0 spiro atoms. The van der Waals surface area contributed by atoms with Crippen molar-refractivity contribution in [2.75, 3.05) is 6.54 Å². The Morgan fingerprint density at radius 2 is 2.25 bits per heavy atom. The lowest BCUT2D eigenvalue weighted by atomic mass is 10.0. The minimum absolute atomic E-state index is 0.00480. The van der Waals surface area contributed by atoms with E-state index in [0.29, 0.717) is 6.04 Å². The highest BCUT2D eigenvalue weighted by molar-refractivity contribution is 5.82. The summed E-state index contributed by atoms with van der Waals surface area (Å²) in [5.74, 6) is 1.26. The zero-order chi connectivity index (χ0) is 14.5. The molecule has 2 rings (SSSR count). The molecule has 1 aliphatic rings. The van der Waals surface area contributed by atoms with Gasteiger partial charge >= 0.3 is 0 Å². The fourth-order valence-electron chi connectivity index (χ4n) is 2.86. The van der Waals surface area contributed by atoms with Crippen molar-refractivity contribution in [3.63, 3.8) is 0 Å². The van der Waals surface area contributed by atoms with Crippen molar-refractivity contribution in [2.24, 2.45) is 0 Å². The van der Waals surface area contributed by atoms with E-state index >= 15 is 0 Å². The summed E-state index contributed by atoms with van der Waals surface area (Å²) in [6.45, 7) is 7.20. The van der Waals surface area contributed by atoms with Crippen LogP contribution in [0.5, 0.6) is 0 Å². The van der Waals surface area contributed by atoms with Gasteiger partial charge in [-0.25, -0.2) is 0 Å². The van der Waals surface area contributed by atoms with Gasteiger partial charge in [-0.1, -0.05) is 13.8 Å². The Labute approximate surface area is 121 Å². The summed E-state index contributed by atoms with van der Waals surface area (Å²) < 4.78 is 5.36. The maximum Gasteiger partial charge on any atom is 0.239 e. The molecular weight excluding hydrogens is 252 g/mol. The highest BCUT2D eigenvalue weighted by Crippen LogP contribution is 2.18. The number of aryl methyl sites for hydroxylation is 1. The quantitative estimate of drug-likeness (QED) is 0.870. The van der Waals surface area contributed by atoms with Gasteiger partial charge in [-0.05, 0) is 38.3 Å². The molecule has 2 unspecified atom stereocenters. The van der Waals surface area contributed by atoms with Crippen LogP contribution in [0.4, 0.5) is 0 Å². The summed E-state index contributed by atoms with van der Waals surface area (Å²) in [5.41, 5.74) is 0. The molecule has 2 atom stereocenters. The van der Waals surface area contributed by atoms with E-state index in [1.165, 1.54) is 0 Å². The average Bonchev–Trinajstić information content (AvgIpc) is 2.91. The van der Waals surface area contributed by atoms with Gasteiger partial charge < -0.3 is 14.6 Å². The molecule has 20 heavy (non-hydrogen) atoms. The summed E-state index contributed by atoms with van der Waals surface area (Å²) in [5, 5.41) is 3.38. The largest absolute Gasteiger partial charge is 0.469 e. The number of amides is 1. The molecule has 1 fully saturated rings. The van der Waals surface area contributed by atoms with Crippen LogP contribution >= 0.6 is 0 Å². The van der Waals surface area contributed by atoms with Crippen LogP contribution in [0, 0.1) is 0 Å². The van der Waals surface area contributed by atoms with Crippen molar-refractivity contribution in [2.45, 2.75) is 64.6 Å². The molecule has 1 aromatic rings. The van der Waals surface area contributed by atoms with Crippen molar-refractivity contribution in [3.8, 4) is 0 Å². The van der Waals surface area contributed by atoms with Crippen LogP contribution < -0.4 is 5.32 Å². The molecule has 1 aliphatic heterocycles. The first kappa shape index (κ1) is 15.1. The predicted molar refractivity (Wildman–Crippen MR) is 79.5 cm³/mol. The summed E-state index contributed by atoms with van der Waals surface area (Å²) >= 11 is 0. The van der Waals surface area contributed by atoms with Gasteiger partial charge in [0.2, 0.25) is 5.91 Å². The number of nitrogens with zero attached hydrogens (tertiary/aromatic N) is 1. The third-order valence-corrected chi connectivity index (χ3v) is 3.93. The monoisotopic (exact) mass is 278 g/mol. The number of likely N-dealkylation sites (tertiary alicyclic amines) is 1. The number of carbonyl (C=O) groups excluding carboxylic acids is 1. The second-order valence-corrected chi connectivity index (χ2v) is 6.01. The Morgan fingerprint density at radius 1 is 1.45 bits per heavy atom. The van der Waals surface area contributed by atoms with Crippen molar-refractivity contribution >= 4 is 5.91 Å². The molecule has 1 aromatic heterocycles. The van der Waals surface area contributed by atoms with Gasteiger partial charge in [0, 0.05) is 25.0 Å². The molecule has 0 bridgehead atoms. The second kappa shape index (κ2) is 6.93. The highest BCUT2D eigenvalue weighted by atomic mass is 16.3. The Hall–Kier alpha value is -1.29. The highest BCUT2D eigenvalue weighted by Gasteiger charge is 2.31. The van der Waals surface area contributed by atoms with E-state index in [2.05, 4.69) is 26.1 Å². The third-order valence-electron chi connectivity index (χ3n) is 3.93. The van der Waals surface area contributed by atoms with Crippen LogP contribution in [-0.4, -0.2) is 35.5 Å². The number of furan rings is 1. The van der Waals surface area contributed by atoms with Crippen LogP contribution in [-0.2, 0) is 11.2 Å².